The molecule has 0 amide bonds. The van der Waals surface area contributed by atoms with Crippen LogP contribution in [0.1, 0.15) is 0 Å². The molecule has 14 nitrogen and oxygen atoms in total. The van der Waals surface area contributed by atoms with Gasteiger partial charge in [0, 0.05) is 0 Å². The maximum Gasteiger partial charge on any atom is 3.00 e. The van der Waals surface area contributed by atoms with Crippen LogP contribution in [0.3, 0.4) is 0 Å². The fraction of sp³-hybridized carbons (Fsp3) is 1.00. The smallest absolute Gasteiger partial charge is 0.394 e. The van der Waals surface area contributed by atoms with Crippen molar-refractivity contribution in [1.82, 2.24) is 0 Å². The fourth-order valence-corrected chi connectivity index (χ4v) is 0. The average molecular weight is 318 g/mol. The Balaban J connectivity index is -0.0000000369. The molecule has 0 aliphatic carbocycles. The third-order valence-corrected chi connectivity index (χ3v) is 0.1000. The number of hydrogen-bond acceptors (Lipinski definition) is 11. The first-order valence-electron chi connectivity index (χ1n) is 2.78. The first-order valence-corrected chi connectivity index (χ1v) is 2.78. The van der Waals surface area contributed by atoms with Crippen LogP contribution in [-0.4, -0.2) is 58.5 Å². The molecule has 0 aromatic carbocycles. The van der Waals surface area contributed by atoms with Gasteiger partial charge in [0.1, 0.15) is 0 Å². The van der Waals surface area contributed by atoms with Crippen molar-refractivity contribution >= 4 is 19.8 Å². The van der Waals surface area contributed by atoms with Crippen LogP contribution in [0.25, 0.3) is 0 Å². The van der Waals surface area contributed by atoms with Crippen LogP contribution in [0.4, 0.5) is 0 Å². The van der Waals surface area contributed by atoms with Gasteiger partial charge in [-0.1, -0.05) is 0 Å². The van der Waals surface area contributed by atoms with Gasteiger partial charge in [0.05, 0.1) is 28.5 Å². The van der Waals surface area contributed by atoms with Crippen molar-refractivity contribution in [1.29, 1.82) is 0 Å². The van der Waals surface area contributed by atoms with E-state index in [1.807, 2.05) is 0 Å². The zero-order valence-corrected chi connectivity index (χ0v) is 10.3. The van der Waals surface area contributed by atoms with E-state index in [0.717, 1.165) is 0 Å². The largest absolute Gasteiger partial charge is 3.00 e. The summed E-state index contributed by atoms with van der Waals surface area (Å²) in [7, 11) is 0. The van der Waals surface area contributed by atoms with Gasteiger partial charge in [-0.3, -0.25) is 0 Å². The molecule has 0 aromatic heterocycles. The molecule has 0 saturated carbocycles. The molecule has 0 bridgehead atoms. The van der Waals surface area contributed by atoms with Gasteiger partial charge in [-0.15, -0.1) is 0 Å². The molecule has 0 spiro atoms. The summed E-state index contributed by atoms with van der Waals surface area (Å²) in [4.78, 5) is 24.8. The number of aliphatic hydroxyl groups is 2. The van der Waals surface area contributed by atoms with Crippen LogP contribution in [0.15, 0.2) is 0 Å². The SMILES string of the molecule is O=[N+]([O-])[O-].O=[N+]([O-])[O-].O=[N+]([O-])[O-].OCCO.[Ga+3]. The minimum atomic E-state index is -1.75. The van der Waals surface area contributed by atoms with Crippen molar-refractivity contribution in [3.63, 3.8) is 0 Å². The molecular formula is C2H6GaN3O11. The number of aliphatic hydroxyl groups excluding tert-OH is 2. The molecule has 98 valence electrons. The molecule has 15 heteroatoms. The van der Waals surface area contributed by atoms with Gasteiger partial charge in [-0.2, -0.15) is 0 Å². The molecule has 0 aliphatic rings. The summed E-state index contributed by atoms with van der Waals surface area (Å²) in [5.74, 6) is 0. The number of nitrogens with zero attached hydrogens (tertiary/aromatic N) is 3. The summed E-state index contributed by atoms with van der Waals surface area (Å²) in [6.45, 7) is -0.250. The van der Waals surface area contributed by atoms with E-state index in [-0.39, 0.29) is 33.0 Å². The fourth-order valence-electron chi connectivity index (χ4n) is 0. The van der Waals surface area contributed by atoms with Gasteiger partial charge in [-0.05, 0) is 0 Å². The van der Waals surface area contributed by atoms with Gasteiger partial charge >= 0.3 is 19.8 Å². The van der Waals surface area contributed by atoms with Crippen molar-refractivity contribution < 1.29 is 25.5 Å². The second-order valence-corrected chi connectivity index (χ2v) is 1.12. The Morgan fingerprint density at radius 3 is 0.706 bits per heavy atom. The quantitative estimate of drug-likeness (QED) is 0.300. The Bertz CT molecular complexity index is 143. The van der Waals surface area contributed by atoms with Gasteiger partial charge in [0.15, 0.2) is 0 Å². The van der Waals surface area contributed by atoms with E-state index in [1.165, 1.54) is 0 Å². The first kappa shape index (κ1) is 29.4. The normalized spacial score (nSPS) is 6.00. The second kappa shape index (κ2) is 29.2. The van der Waals surface area contributed by atoms with Crippen LogP contribution >= 0.6 is 0 Å². The summed E-state index contributed by atoms with van der Waals surface area (Å²) < 4.78 is 0. The van der Waals surface area contributed by atoms with E-state index in [2.05, 4.69) is 0 Å². The molecule has 17 heavy (non-hydrogen) atoms. The van der Waals surface area contributed by atoms with Gasteiger partial charge in [0.25, 0.3) is 0 Å². The standard InChI is InChI=1S/C2H6O2.Ga.3NO3/c3-1-2-4;;3*2-1(3)4/h3-4H,1-2H2;;;;/q;+3;3*-1. The third kappa shape index (κ3) is 2940. The molecule has 0 radical (unpaired) electrons. The van der Waals surface area contributed by atoms with Crippen molar-refractivity contribution in [2.24, 2.45) is 0 Å². The predicted octanol–water partition coefficient (Wildman–Crippen LogP) is -2.13. The monoisotopic (exact) mass is 317 g/mol. The van der Waals surface area contributed by atoms with Crippen molar-refractivity contribution in [2.45, 2.75) is 0 Å². The number of hydrogen-bond donors (Lipinski definition) is 2. The van der Waals surface area contributed by atoms with E-state index in [0.29, 0.717) is 0 Å². The molecule has 0 atom stereocenters. The first-order chi connectivity index (χ1) is 7.11. The zero-order valence-electron chi connectivity index (χ0n) is 7.90. The van der Waals surface area contributed by atoms with E-state index in [9.17, 15) is 0 Å². The van der Waals surface area contributed by atoms with Crippen molar-refractivity contribution in [3.8, 4) is 0 Å². The summed E-state index contributed by atoms with van der Waals surface area (Å²) >= 11 is 0. The Hall–Kier alpha value is -1.84. The van der Waals surface area contributed by atoms with Crippen LogP contribution < -0.4 is 0 Å². The Morgan fingerprint density at radius 2 is 0.706 bits per heavy atom. The minimum Gasteiger partial charge on any atom is -0.394 e. The van der Waals surface area contributed by atoms with E-state index >= 15 is 0 Å². The molecular weight excluding hydrogens is 312 g/mol. The van der Waals surface area contributed by atoms with Crippen LogP contribution in [0, 0.1) is 46.0 Å². The zero-order chi connectivity index (χ0) is 14.1. The molecule has 0 rings (SSSR count). The average Bonchev–Trinajstić information content (AvgIpc) is 2.00. The molecule has 2 N–H and O–H groups in total. The molecule has 0 heterocycles. The van der Waals surface area contributed by atoms with E-state index in [1.54, 1.807) is 0 Å². The molecule has 0 aromatic rings. The van der Waals surface area contributed by atoms with E-state index < -0.39 is 15.3 Å². The third-order valence-electron chi connectivity index (χ3n) is 0.1000. The Kier molecular flexibility index (Phi) is 50.6. The maximum atomic E-state index is 8.25. The summed E-state index contributed by atoms with van der Waals surface area (Å²) in [6.07, 6.45) is 0. The summed E-state index contributed by atoms with van der Waals surface area (Å²) in [5, 5.41) is 59.5. The summed E-state index contributed by atoms with van der Waals surface area (Å²) in [6, 6.07) is 0. The summed E-state index contributed by atoms with van der Waals surface area (Å²) in [5.41, 5.74) is 0. The van der Waals surface area contributed by atoms with Gasteiger partial charge in [0.2, 0.25) is 0 Å². The molecule has 0 saturated heterocycles. The van der Waals surface area contributed by atoms with Gasteiger partial charge < -0.3 is 56.2 Å². The van der Waals surface area contributed by atoms with Crippen LogP contribution in [-0.2, 0) is 0 Å². The second-order valence-electron chi connectivity index (χ2n) is 1.12. The molecule has 0 aliphatic heterocycles. The Labute approximate surface area is 105 Å². The maximum absolute atomic E-state index is 8.25. The molecule has 0 fully saturated rings. The number of rotatable bonds is 1. The topological polar surface area (TPSA) is 239 Å². The predicted molar refractivity (Wildman–Crippen MR) is 51.0 cm³/mol. The van der Waals surface area contributed by atoms with E-state index in [4.69, 9.17) is 56.2 Å². The van der Waals surface area contributed by atoms with Crippen LogP contribution in [0.5, 0.6) is 0 Å². The van der Waals surface area contributed by atoms with Crippen molar-refractivity contribution in [3.05, 3.63) is 46.0 Å². The van der Waals surface area contributed by atoms with Crippen molar-refractivity contribution in [2.75, 3.05) is 13.2 Å². The Morgan fingerprint density at radius 1 is 0.647 bits per heavy atom. The van der Waals surface area contributed by atoms with Gasteiger partial charge in [-0.25, -0.2) is 0 Å². The minimum absolute atomic E-state index is 0. The molecule has 0 unspecified atom stereocenters. The van der Waals surface area contributed by atoms with Crippen LogP contribution in [0.2, 0.25) is 0 Å².